The Balaban J connectivity index is 1.73. The van der Waals surface area contributed by atoms with Crippen molar-refractivity contribution in [3.05, 3.63) is 40.3 Å². The summed E-state index contributed by atoms with van der Waals surface area (Å²) < 4.78 is 6.21. The number of fused-ring (bicyclic) bond motifs is 1. The maximum Gasteiger partial charge on any atom is 0.323 e. The highest BCUT2D eigenvalue weighted by Gasteiger charge is 2.14. The second-order valence-electron chi connectivity index (χ2n) is 4.93. The topological polar surface area (TPSA) is 67.3 Å². The molecule has 2 heterocycles. The molecule has 120 valence electrons. The van der Waals surface area contributed by atoms with Crippen molar-refractivity contribution >= 4 is 44.1 Å². The van der Waals surface area contributed by atoms with Crippen molar-refractivity contribution in [3.8, 4) is 0 Å². The van der Waals surface area contributed by atoms with Gasteiger partial charge in [0, 0.05) is 31.3 Å². The predicted octanol–water partition coefficient (Wildman–Crippen LogP) is 3.56. The largest absolute Gasteiger partial charge is 0.380 e. The summed E-state index contributed by atoms with van der Waals surface area (Å²) in [5.74, 6) is 0. The van der Waals surface area contributed by atoms with Crippen LogP contribution in [0.1, 0.15) is 10.6 Å². The fraction of sp³-hybridized carbons (Fsp3) is 0.267. The Morgan fingerprint density at radius 1 is 1.43 bits per heavy atom. The van der Waals surface area contributed by atoms with E-state index in [0.717, 1.165) is 20.8 Å². The van der Waals surface area contributed by atoms with Crippen LogP contribution in [-0.2, 0) is 17.9 Å². The van der Waals surface area contributed by atoms with Crippen molar-refractivity contribution < 1.29 is 9.53 Å². The summed E-state index contributed by atoms with van der Waals surface area (Å²) in [7, 11) is 3.39. The number of nitrogens with one attached hydrogen (secondary N) is 1. The van der Waals surface area contributed by atoms with Crippen LogP contribution in [-0.4, -0.2) is 35.1 Å². The summed E-state index contributed by atoms with van der Waals surface area (Å²) in [4.78, 5) is 22.5. The zero-order chi connectivity index (χ0) is 16.2. The van der Waals surface area contributed by atoms with Crippen LogP contribution in [0.2, 0.25) is 0 Å². The number of aromatic nitrogens is 2. The van der Waals surface area contributed by atoms with Gasteiger partial charge in [-0.2, -0.15) is 0 Å². The molecule has 0 aliphatic rings. The van der Waals surface area contributed by atoms with E-state index in [4.69, 9.17) is 4.74 Å². The van der Waals surface area contributed by atoms with Gasteiger partial charge in [-0.3, -0.25) is 5.32 Å². The van der Waals surface area contributed by atoms with Crippen LogP contribution in [0.15, 0.2) is 29.8 Å². The Morgan fingerprint density at radius 3 is 3.04 bits per heavy atom. The lowest BCUT2D eigenvalue weighted by atomic mass is 10.2. The second-order valence-corrected chi connectivity index (χ2v) is 6.94. The van der Waals surface area contributed by atoms with Crippen molar-refractivity contribution in [2.45, 2.75) is 13.2 Å². The molecule has 0 fully saturated rings. The number of amides is 2. The first-order chi connectivity index (χ1) is 11.2. The Labute approximate surface area is 141 Å². The number of hydrogen-bond donors (Lipinski definition) is 1. The molecule has 0 atom stereocenters. The monoisotopic (exact) mass is 348 g/mol. The van der Waals surface area contributed by atoms with E-state index in [1.807, 2.05) is 23.6 Å². The zero-order valence-electron chi connectivity index (χ0n) is 12.8. The molecule has 23 heavy (non-hydrogen) atoms. The molecule has 1 N–H and O–H groups in total. The van der Waals surface area contributed by atoms with Gasteiger partial charge in [-0.05, 0) is 6.07 Å². The molecule has 1 aromatic carbocycles. The molecule has 2 amide bonds. The lowest BCUT2D eigenvalue weighted by Crippen LogP contribution is -2.30. The molecule has 8 heteroatoms. The van der Waals surface area contributed by atoms with Crippen molar-refractivity contribution in [2.24, 2.45) is 0 Å². The van der Waals surface area contributed by atoms with Gasteiger partial charge in [0.15, 0.2) is 5.13 Å². The molecule has 0 saturated heterocycles. The van der Waals surface area contributed by atoms with Gasteiger partial charge in [0.1, 0.15) is 5.01 Å². The second kappa shape index (κ2) is 7.03. The van der Waals surface area contributed by atoms with Crippen LogP contribution < -0.4 is 5.32 Å². The number of para-hydroxylation sites is 1. The third-order valence-corrected chi connectivity index (χ3v) is 4.92. The lowest BCUT2D eigenvalue weighted by molar-refractivity contribution is 0.186. The third kappa shape index (κ3) is 3.66. The van der Waals surface area contributed by atoms with Crippen molar-refractivity contribution in [1.29, 1.82) is 0 Å². The highest BCUT2D eigenvalue weighted by Crippen LogP contribution is 2.28. The van der Waals surface area contributed by atoms with E-state index < -0.39 is 0 Å². The zero-order valence-corrected chi connectivity index (χ0v) is 14.4. The number of rotatable bonds is 5. The summed E-state index contributed by atoms with van der Waals surface area (Å²) in [6.45, 7) is 0.974. The number of urea groups is 1. The van der Waals surface area contributed by atoms with E-state index in [-0.39, 0.29) is 6.03 Å². The minimum Gasteiger partial charge on any atom is -0.380 e. The van der Waals surface area contributed by atoms with Gasteiger partial charge in [0.25, 0.3) is 0 Å². The molecule has 0 unspecified atom stereocenters. The molecule has 0 spiro atoms. The number of ether oxygens (including phenoxy) is 1. The molecular weight excluding hydrogens is 332 g/mol. The number of carbonyl (C=O) groups excluding carboxylic acids is 1. The standard InChI is InChI=1S/C15H16N4O2S2/c1-19(8-12-16-6-7-22-12)15(20)18-14-17-13-10(9-21-2)4-3-5-11(13)23-14/h3-7H,8-9H2,1-2H3,(H,17,18,20). The number of methoxy groups -OCH3 is 1. The predicted molar refractivity (Wildman–Crippen MR) is 92.9 cm³/mol. The van der Waals surface area contributed by atoms with Gasteiger partial charge >= 0.3 is 6.03 Å². The SMILES string of the molecule is COCc1cccc2sc(NC(=O)N(C)Cc3nccs3)nc12. The number of benzene rings is 1. The van der Waals surface area contributed by atoms with E-state index in [9.17, 15) is 4.79 Å². The summed E-state index contributed by atoms with van der Waals surface area (Å²) >= 11 is 2.98. The van der Waals surface area contributed by atoms with Crippen LogP contribution in [0.5, 0.6) is 0 Å². The Morgan fingerprint density at radius 2 is 2.30 bits per heavy atom. The number of anilines is 1. The maximum atomic E-state index is 12.3. The van der Waals surface area contributed by atoms with E-state index in [1.165, 1.54) is 22.7 Å². The van der Waals surface area contributed by atoms with Gasteiger partial charge in [-0.25, -0.2) is 14.8 Å². The highest BCUT2D eigenvalue weighted by molar-refractivity contribution is 7.22. The Hall–Kier alpha value is -2.03. The molecule has 6 nitrogen and oxygen atoms in total. The van der Waals surface area contributed by atoms with Gasteiger partial charge < -0.3 is 9.64 Å². The van der Waals surface area contributed by atoms with Gasteiger partial charge in [0.05, 0.1) is 23.4 Å². The molecule has 0 aliphatic carbocycles. The average molecular weight is 348 g/mol. The van der Waals surface area contributed by atoms with Gasteiger partial charge in [-0.1, -0.05) is 23.5 Å². The Kier molecular flexibility index (Phi) is 4.85. The third-order valence-electron chi connectivity index (χ3n) is 3.22. The van der Waals surface area contributed by atoms with E-state index in [1.54, 1.807) is 25.3 Å². The molecule has 0 radical (unpaired) electrons. The van der Waals surface area contributed by atoms with Gasteiger partial charge in [-0.15, -0.1) is 11.3 Å². The molecule has 0 bridgehead atoms. The van der Waals surface area contributed by atoms with Crippen LogP contribution in [0.4, 0.5) is 9.93 Å². The first-order valence-corrected chi connectivity index (χ1v) is 8.65. The maximum absolute atomic E-state index is 12.3. The van der Waals surface area contributed by atoms with E-state index in [2.05, 4.69) is 15.3 Å². The Bertz CT molecular complexity index is 801. The first kappa shape index (κ1) is 15.9. The number of thiazole rings is 2. The molecule has 2 aromatic heterocycles. The summed E-state index contributed by atoms with van der Waals surface area (Å²) in [6.07, 6.45) is 1.73. The summed E-state index contributed by atoms with van der Waals surface area (Å²) in [5.41, 5.74) is 1.88. The lowest BCUT2D eigenvalue weighted by Gasteiger charge is -2.15. The van der Waals surface area contributed by atoms with Crippen molar-refractivity contribution in [1.82, 2.24) is 14.9 Å². The highest BCUT2D eigenvalue weighted by atomic mass is 32.1. The van der Waals surface area contributed by atoms with E-state index >= 15 is 0 Å². The molecule has 3 aromatic rings. The fourth-order valence-electron chi connectivity index (χ4n) is 2.12. The molecular formula is C15H16N4O2S2. The molecule has 0 saturated carbocycles. The quantitative estimate of drug-likeness (QED) is 0.765. The minimum absolute atomic E-state index is 0.201. The first-order valence-electron chi connectivity index (χ1n) is 6.95. The number of nitrogens with zero attached hydrogens (tertiary/aromatic N) is 3. The fourth-order valence-corrected chi connectivity index (χ4v) is 3.70. The number of hydrogen-bond acceptors (Lipinski definition) is 6. The van der Waals surface area contributed by atoms with Gasteiger partial charge in [0.2, 0.25) is 0 Å². The summed E-state index contributed by atoms with van der Waals surface area (Å²) in [5, 5.41) is 6.22. The smallest absolute Gasteiger partial charge is 0.323 e. The molecule has 0 aliphatic heterocycles. The van der Waals surface area contributed by atoms with Crippen LogP contribution in [0.3, 0.4) is 0 Å². The molecule has 3 rings (SSSR count). The minimum atomic E-state index is -0.201. The van der Waals surface area contributed by atoms with E-state index in [0.29, 0.717) is 18.3 Å². The summed E-state index contributed by atoms with van der Waals surface area (Å²) in [6, 6.07) is 5.73. The van der Waals surface area contributed by atoms with Crippen LogP contribution in [0, 0.1) is 0 Å². The van der Waals surface area contributed by atoms with Crippen molar-refractivity contribution in [3.63, 3.8) is 0 Å². The average Bonchev–Trinajstić information content (AvgIpc) is 3.17. The van der Waals surface area contributed by atoms with Crippen molar-refractivity contribution in [2.75, 3.05) is 19.5 Å². The van der Waals surface area contributed by atoms with Crippen LogP contribution >= 0.6 is 22.7 Å². The van der Waals surface area contributed by atoms with Crippen LogP contribution in [0.25, 0.3) is 10.2 Å². The number of carbonyl (C=O) groups is 1. The normalized spacial score (nSPS) is 10.9.